The van der Waals surface area contributed by atoms with E-state index in [-0.39, 0.29) is 12.1 Å². The minimum absolute atomic E-state index is 0.105. The van der Waals surface area contributed by atoms with Crippen LogP contribution in [0.25, 0.3) is 0 Å². The van der Waals surface area contributed by atoms with Crippen LogP contribution in [0, 0.1) is 0 Å². The van der Waals surface area contributed by atoms with E-state index < -0.39 is 0 Å². The van der Waals surface area contributed by atoms with E-state index in [1.165, 1.54) is 25.7 Å². The molecule has 96 valence electrons. The fraction of sp³-hybridized carbons (Fsp3) is 0.714. The molecule has 1 aromatic rings. The average Bonchev–Trinajstić information content (AvgIpc) is 2.83. The van der Waals surface area contributed by atoms with Crippen molar-refractivity contribution in [1.82, 2.24) is 4.90 Å². The molecule has 3 heteroatoms. The third-order valence-corrected chi connectivity index (χ3v) is 3.83. The van der Waals surface area contributed by atoms with Crippen molar-refractivity contribution in [3.63, 3.8) is 0 Å². The Kier molecular flexibility index (Phi) is 4.24. The summed E-state index contributed by atoms with van der Waals surface area (Å²) in [5, 5.41) is 0. The van der Waals surface area contributed by atoms with Gasteiger partial charge in [-0.3, -0.25) is 4.90 Å². The minimum atomic E-state index is 0.105. The Morgan fingerprint density at radius 3 is 2.94 bits per heavy atom. The van der Waals surface area contributed by atoms with Crippen LogP contribution in [0.1, 0.15) is 51.3 Å². The second-order valence-corrected chi connectivity index (χ2v) is 5.12. The fourth-order valence-electron chi connectivity index (χ4n) is 3.01. The highest BCUT2D eigenvalue weighted by molar-refractivity contribution is 5.08. The van der Waals surface area contributed by atoms with Crippen molar-refractivity contribution < 1.29 is 4.42 Å². The van der Waals surface area contributed by atoms with Gasteiger partial charge in [0.05, 0.1) is 12.3 Å². The monoisotopic (exact) mass is 236 g/mol. The molecule has 0 aromatic carbocycles. The molecule has 1 aliphatic rings. The summed E-state index contributed by atoms with van der Waals surface area (Å²) in [6.07, 6.45) is 6.86. The van der Waals surface area contributed by atoms with Gasteiger partial charge in [0, 0.05) is 12.1 Å². The predicted molar refractivity (Wildman–Crippen MR) is 69.7 cm³/mol. The van der Waals surface area contributed by atoms with Crippen LogP contribution < -0.4 is 5.73 Å². The molecule has 1 aromatic heterocycles. The summed E-state index contributed by atoms with van der Waals surface area (Å²) in [5.41, 5.74) is 6.17. The van der Waals surface area contributed by atoms with E-state index in [2.05, 4.69) is 24.8 Å². The van der Waals surface area contributed by atoms with Gasteiger partial charge < -0.3 is 10.2 Å². The molecule has 1 saturated heterocycles. The molecular formula is C14H24N2O. The SMILES string of the molecule is CCC1CCCCN1C(c1ccco1)C(C)N. The summed E-state index contributed by atoms with van der Waals surface area (Å²) in [6.45, 7) is 5.49. The highest BCUT2D eigenvalue weighted by Gasteiger charge is 2.32. The van der Waals surface area contributed by atoms with E-state index in [0.717, 1.165) is 12.3 Å². The smallest absolute Gasteiger partial charge is 0.122 e. The van der Waals surface area contributed by atoms with Gasteiger partial charge in [-0.05, 0) is 44.9 Å². The van der Waals surface area contributed by atoms with E-state index in [1.54, 1.807) is 6.26 Å². The summed E-state index contributed by atoms with van der Waals surface area (Å²) >= 11 is 0. The molecule has 3 atom stereocenters. The van der Waals surface area contributed by atoms with E-state index in [9.17, 15) is 0 Å². The lowest BCUT2D eigenvalue weighted by Gasteiger charge is -2.41. The van der Waals surface area contributed by atoms with Crippen molar-refractivity contribution in [3.05, 3.63) is 24.2 Å². The molecule has 2 heterocycles. The Hall–Kier alpha value is -0.800. The Labute approximate surface area is 104 Å². The van der Waals surface area contributed by atoms with Gasteiger partial charge in [-0.2, -0.15) is 0 Å². The van der Waals surface area contributed by atoms with Crippen molar-refractivity contribution in [2.75, 3.05) is 6.54 Å². The molecule has 0 saturated carbocycles. The van der Waals surface area contributed by atoms with Crippen molar-refractivity contribution in [3.8, 4) is 0 Å². The number of hydrogen-bond acceptors (Lipinski definition) is 3. The summed E-state index contributed by atoms with van der Waals surface area (Å²) in [6, 6.07) is 5.00. The normalized spacial score (nSPS) is 25.7. The summed E-state index contributed by atoms with van der Waals surface area (Å²) < 4.78 is 5.58. The van der Waals surface area contributed by atoms with Crippen LogP contribution in [0.5, 0.6) is 0 Å². The Balaban J connectivity index is 2.20. The second-order valence-electron chi connectivity index (χ2n) is 5.12. The van der Waals surface area contributed by atoms with Crippen LogP contribution in [-0.2, 0) is 0 Å². The van der Waals surface area contributed by atoms with Crippen LogP contribution in [0.3, 0.4) is 0 Å². The first-order chi connectivity index (χ1) is 8.24. The standard InChI is InChI=1S/C14H24N2O/c1-3-12-7-4-5-9-16(12)14(11(2)15)13-8-6-10-17-13/h6,8,10-12,14H,3-5,7,9,15H2,1-2H3. The number of nitrogens with zero attached hydrogens (tertiary/aromatic N) is 1. The topological polar surface area (TPSA) is 42.4 Å². The quantitative estimate of drug-likeness (QED) is 0.874. The molecule has 3 unspecified atom stereocenters. The van der Waals surface area contributed by atoms with Gasteiger partial charge in [-0.15, -0.1) is 0 Å². The zero-order valence-electron chi connectivity index (χ0n) is 10.9. The molecular weight excluding hydrogens is 212 g/mol. The van der Waals surface area contributed by atoms with E-state index >= 15 is 0 Å². The van der Waals surface area contributed by atoms with Gasteiger partial charge in [0.1, 0.15) is 5.76 Å². The third-order valence-electron chi connectivity index (χ3n) is 3.83. The van der Waals surface area contributed by atoms with Crippen LogP contribution in [0.4, 0.5) is 0 Å². The van der Waals surface area contributed by atoms with E-state index in [0.29, 0.717) is 6.04 Å². The number of nitrogens with two attached hydrogens (primary N) is 1. The molecule has 0 aliphatic carbocycles. The number of furan rings is 1. The third kappa shape index (κ3) is 2.72. The van der Waals surface area contributed by atoms with Gasteiger partial charge in [0.25, 0.3) is 0 Å². The first kappa shape index (κ1) is 12.7. The molecule has 2 N–H and O–H groups in total. The first-order valence-electron chi connectivity index (χ1n) is 6.78. The van der Waals surface area contributed by atoms with Crippen molar-refractivity contribution >= 4 is 0 Å². The van der Waals surface area contributed by atoms with Crippen molar-refractivity contribution in [2.45, 2.75) is 57.7 Å². The van der Waals surface area contributed by atoms with Crippen molar-refractivity contribution in [1.29, 1.82) is 0 Å². The maximum Gasteiger partial charge on any atom is 0.122 e. The van der Waals surface area contributed by atoms with Crippen LogP contribution >= 0.6 is 0 Å². The Bertz CT molecular complexity index is 321. The Morgan fingerprint density at radius 1 is 1.53 bits per heavy atom. The lowest BCUT2D eigenvalue weighted by molar-refractivity contribution is 0.0678. The molecule has 0 radical (unpaired) electrons. The maximum absolute atomic E-state index is 6.17. The molecule has 0 spiro atoms. The van der Waals surface area contributed by atoms with Gasteiger partial charge in [0.15, 0.2) is 0 Å². The van der Waals surface area contributed by atoms with E-state index in [4.69, 9.17) is 10.2 Å². The van der Waals surface area contributed by atoms with Crippen molar-refractivity contribution in [2.24, 2.45) is 5.73 Å². The molecule has 0 amide bonds. The molecule has 0 bridgehead atoms. The number of piperidine rings is 1. The predicted octanol–water partition coefficient (Wildman–Crippen LogP) is 2.93. The second kappa shape index (κ2) is 5.69. The number of likely N-dealkylation sites (tertiary alicyclic amines) is 1. The number of rotatable bonds is 4. The lowest BCUT2D eigenvalue weighted by atomic mass is 9.94. The van der Waals surface area contributed by atoms with E-state index in [1.807, 2.05) is 6.07 Å². The van der Waals surface area contributed by atoms with Crippen LogP contribution in [-0.4, -0.2) is 23.5 Å². The first-order valence-corrected chi connectivity index (χ1v) is 6.78. The van der Waals surface area contributed by atoms with Crippen LogP contribution in [0.2, 0.25) is 0 Å². The molecule has 2 rings (SSSR count). The molecule has 1 fully saturated rings. The summed E-state index contributed by atoms with van der Waals surface area (Å²) in [4.78, 5) is 2.55. The Morgan fingerprint density at radius 2 is 2.35 bits per heavy atom. The number of hydrogen-bond donors (Lipinski definition) is 1. The maximum atomic E-state index is 6.17. The van der Waals surface area contributed by atoms with Gasteiger partial charge in [-0.1, -0.05) is 13.3 Å². The summed E-state index contributed by atoms with van der Waals surface area (Å²) in [7, 11) is 0. The van der Waals surface area contributed by atoms with Crippen LogP contribution in [0.15, 0.2) is 22.8 Å². The minimum Gasteiger partial charge on any atom is -0.468 e. The van der Waals surface area contributed by atoms with Gasteiger partial charge >= 0.3 is 0 Å². The fourth-order valence-corrected chi connectivity index (χ4v) is 3.01. The summed E-state index contributed by atoms with van der Waals surface area (Å²) in [5.74, 6) is 1.01. The highest BCUT2D eigenvalue weighted by atomic mass is 16.3. The zero-order chi connectivity index (χ0) is 12.3. The lowest BCUT2D eigenvalue weighted by Crippen LogP contribution is -2.47. The zero-order valence-corrected chi connectivity index (χ0v) is 10.9. The van der Waals surface area contributed by atoms with Gasteiger partial charge in [-0.25, -0.2) is 0 Å². The molecule has 1 aliphatic heterocycles. The molecule has 3 nitrogen and oxygen atoms in total. The average molecular weight is 236 g/mol. The highest BCUT2D eigenvalue weighted by Crippen LogP contribution is 2.31. The largest absolute Gasteiger partial charge is 0.468 e. The van der Waals surface area contributed by atoms with Gasteiger partial charge in [0.2, 0.25) is 0 Å². The molecule has 17 heavy (non-hydrogen) atoms.